The van der Waals surface area contributed by atoms with Gasteiger partial charge in [0.1, 0.15) is 11.5 Å². The van der Waals surface area contributed by atoms with Gasteiger partial charge in [0.15, 0.2) is 0 Å². The third-order valence-corrected chi connectivity index (χ3v) is 9.80. The highest BCUT2D eigenvalue weighted by Crippen LogP contribution is 2.32. The molecule has 0 saturated heterocycles. The molecule has 0 atom stereocenters. The van der Waals surface area contributed by atoms with Gasteiger partial charge in [-0.2, -0.15) is 14.1 Å². The van der Waals surface area contributed by atoms with Crippen molar-refractivity contribution in [1.82, 2.24) is 14.1 Å². The van der Waals surface area contributed by atoms with Crippen molar-refractivity contribution in [3.8, 4) is 11.5 Å². The molecule has 1 amide bonds. The average Bonchev–Trinajstić information content (AvgIpc) is 3.49. The lowest BCUT2D eigenvalue weighted by Crippen LogP contribution is -2.30. The number of fused-ring (bicyclic) bond motifs is 1. The van der Waals surface area contributed by atoms with Crippen molar-refractivity contribution in [1.29, 1.82) is 0 Å². The van der Waals surface area contributed by atoms with Gasteiger partial charge in [-0.25, -0.2) is 8.42 Å². The summed E-state index contributed by atoms with van der Waals surface area (Å²) in [4.78, 5) is 26.2. The number of rotatable bonds is 12. The highest BCUT2D eigenvalue weighted by atomic mass is 35.5. The van der Waals surface area contributed by atoms with E-state index in [1.165, 1.54) is 21.3 Å². The summed E-state index contributed by atoms with van der Waals surface area (Å²) in [5.41, 5.74) is 2.53. The first-order valence-corrected chi connectivity index (χ1v) is 16.7. The molecule has 1 N–H and O–H groups in total. The van der Waals surface area contributed by atoms with E-state index in [0.29, 0.717) is 22.1 Å². The van der Waals surface area contributed by atoms with Crippen LogP contribution in [-0.4, -0.2) is 48.5 Å². The molecule has 0 aliphatic carbocycles. The van der Waals surface area contributed by atoms with Crippen molar-refractivity contribution < 1.29 is 27.5 Å². The van der Waals surface area contributed by atoms with Gasteiger partial charge in [-0.15, -0.1) is 0 Å². The number of sulfonamides is 1. The Morgan fingerprint density at radius 1 is 0.894 bits per heavy atom. The fourth-order valence-electron chi connectivity index (χ4n) is 5.05. The van der Waals surface area contributed by atoms with E-state index in [1.54, 1.807) is 107 Å². The van der Waals surface area contributed by atoms with Crippen LogP contribution in [0.5, 0.6) is 11.5 Å². The third kappa shape index (κ3) is 7.65. The van der Waals surface area contributed by atoms with Gasteiger partial charge in [-0.1, -0.05) is 67.9 Å². The fraction of sp³-hybridized carbons (Fsp3) is 0.229. The molecule has 0 spiro atoms. The quantitative estimate of drug-likeness (QED) is 0.159. The number of benzene rings is 4. The number of methoxy groups -OCH3 is 2. The van der Waals surface area contributed by atoms with Crippen LogP contribution in [0.2, 0.25) is 5.02 Å². The molecule has 5 rings (SSSR count). The van der Waals surface area contributed by atoms with E-state index in [0.717, 1.165) is 11.1 Å². The van der Waals surface area contributed by atoms with Crippen molar-refractivity contribution in [3.63, 3.8) is 0 Å². The lowest BCUT2D eigenvalue weighted by molar-refractivity contribution is -0.115. The van der Waals surface area contributed by atoms with Crippen LogP contribution >= 0.6 is 11.6 Å². The van der Waals surface area contributed by atoms with Gasteiger partial charge in [0, 0.05) is 35.1 Å². The Kier molecular flexibility index (Phi) is 10.3. The third-order valence-electron chi connectivity index (χ3n) is 7.60. The summed E-state index contributed by atoms with van der Waals surface area (Å²) >= 11 is 6.28. The Balaban J connectivity index is 1.60. The largest absolute Gasteiger partial charge is 0.497 e. The maximum absolute atomic E-state index is 14.7. The van der Waals surface area contributed by atoms with Crippen LogP contribution < -0.4 is 14.8 Å². The second kappa shape index (κ2) is 14.4. The van der Waals surface area contributed by atoms with Crippen molar-refractivity contribution in [3.05, 3.63) is 113 Å². The second-order valence-electron chi connectivity index (χ2n) is 11.2. The van der Waals surface area contributed by atoms with E-state index >= 15 is 0 Å². The number of nitrogens with zero attached hydrogens (tertiary/aromatic N) is 3. The number of carbonyl (C=O) groups excluding carboxylic acids is 2. The Labute approximate surface area is 278 Å². The first kappa shape index (κ1) is 33.6. The van der Waals surface area contributed by atoms with E-state index in [-0.39, 0.29) is 46.9 Å². The minimum Gasteiger partial charge on any atom is -0.497 e. The van der Waals surface area contributed by atoms with Gasteiger partial charge < -0.3 is 14.8 Å². The van der Waals surface area contributed by atoms with E-state index in [9.17, 15) is 18.0 Å². The van der Waals surface area contributed by atoms with Crippen molar-refractivity contribution in [2.75, 3.05) is 19.5 Å². The van der Waals surface area contributed by atoms with Crippen LogP contribution in [0.4, 0.5) is 5.69 Å². The summed E-state index contributed by atoms with van der Waals surface area (Å²) in [5.74, 6) is 0.134. The van der Waals surface area contributed by atoms with Crippen LogP contribution in [-0.2, 0) is 34.3 Å². The minimum atomic E-state index is -4.28. The predicted octanol–water partition coefficient (Wildman–Crippen LogP) is 6.58. The van der Waals surface area contributed by atoms with Gasteiger partial charge in [-0.3, -0.25) is 9.59 Å². The zero-order valence-corrected chi connectivity index (χ0v) is 28.0. The van der Waals surface area contributed by atoms with Gasteiger partial charge in [0.2, 0.25) is 21.8 Å². The Morgan fingerprint density at radius 3 is 2.00 bits per heavy atom. The van der Waals surface area contributed by atoms with Crippen molar-refractivity contribution in [2.24, 2.45) is 5.92 Å². The van der Waals surface area contributed by atoms with Gasteiger partial charge in [0.25, 0.3) is 0 Å². The molecule has 0 bridgehead atoms. The molecule has 0 radical (unpaired) electrons. The highest BCUT2D eigenvalue weighted by molar-refractivity contribution is 7.89. The second-order valence-corrected chi connectivity index (χ2v) is 13.6. The number of halogens is 1. The molecule has 47 heavy (non-hydrogen) atoms. The number of nitrogens with one attached hydrogen (secondary N) is 1. The van der Waals surface area contributed by atoms with Crippen LogP contribution in [0, 0.1) is 5.92 Å². The molecule has 1 aromatic heterocycles. The molecule has 0 saturated carbocycles. The Bertz CT molecular complexity index is 1960. The van der Waals surface area contributed by atoms with Crippen LogP contribution in [0.15, 0.2) is 96.0 Å². The molecule has 244 valence electrons. The molecular weight excluding hydrogens is 640 g/mol. The van der Waals surface area contributed by atoms with Crippen molar-refractivity contribution in [2.45, 2.75) is 38.3 Å². The van der Waals surface area contributed by atoms with Gasteiger partial charge in [0.05, 0.1) is 37.2 Å². The molecule has 0 aliphatic heterocycles. The minimum absolute atomic E-state index is 0.0298. The average molecular weight is 675 g/mol. The van der Waals surface area contributed by atoms with E-state index in [4.69, 9.17) is 21.1 Å². The van der Waals surface area contributed by atoms with Crippen LogP contribution in [0.25, 0.3) is 10.9 Å². The fourth-order valence-corrected chi connectivity index (χ4v) is 6.88. The standard InChI is InChI=1S/C35H35ClN4O6S/c1-23(2)35(42)40-32-18-27(38-34(41)17-26-7-5-6-8-31(26)36)19-33(30(32)20-37-40)47(43,44)39(21-24-9-13-28(45-3)14-10-24)22-25-11-15-29(46-4)16-12-25/h5-16,18-20,23H,17,21-22H2,1-4H3,(H,38,41). The van der Waals surface area contributed by atoms with E-state index < -0.39 is 21.8 Å². The van der Waals surface area contributed by atoms with E-state index in [1.807, 2.05) is 0 Å². The summed E-state index contributed by atoms with van der Waals surface area (Å²) < 4.78 is 42.5. The summed E-state index contributed by atoms with van der Waals surface area (Å²) in [6, 6.07) is 24.2. The smallest absolute Gasteiger partial charge is 0.249 e. The lowest BCUT2D eigenvalue weighted by Gasteiger charge is -2.24. The maximum Gasteiger partial charge on any atom is 0.249 e. The van der Waals surface area contributed by atoms with Gasteiger partial charge >= 0.3 is 0 Å². The molecule has 4 aromatic carbocycles. The van der Waals surface area contributed by atoms with Crippen molar-refractivity contribution >= 4 is 50.0 Å². The summed E-state index contributed by atoms with van der Waals surface area (Å²) in [7, 11) is -1.16. The molecule has 0 aliphatic rings. The van der Waals surface area contributed by atoms with E-state index in [2.05, 4.69) is 10.4 Å². The maximum atomic E-state index is 14.7. The molecule has 0 unspecified atom stereocenters. The zero-order chi connectivity index (χ0) is 33.7. The number of hydrogen-bond donors (Lipinski definition) is 1. The molecule has 1 heterocycles. The molecule has 12 heteroatoms. The number of ether oxygens (including phenoxy) is 2. The number of carbonyl (C=O) groups is 2. The monoisotopic (exact) mass is 674 g/mol. The summed E-state index contributed by atoms with van der Waals surface area (Å²) in [6.07, 6.45) is 1.34. The zero-order valence-electron chi connectivity index (χ0n) is 26.4. The predicted molar refractivity (Wildman–Crippen MR) is 181 cm³/mol. The topological polar surface area (TPSA) is 120 Å². The normalized spacial score (nSPS) is 11.6. The molecule has 0 fully saturated rings. The highest BCUT2D eigenvalue weighted by Gasteiger charge is 2.30. The van der Waals surface area contributed by atoms with Crippen LogP contribution in [0.1, 0.15) is 35.3 Å². The Morgan fingerprint density at radius 2 is 1.47 bits per heavy atom. The van der Waals surface area contributed by atoms with Crippen LogP contribution in [0.3, 0.4) is 0 Å². The Hall–Kier alpha value is -4.71. The summed E-state index contributed by atoms with van der Waals surface area (Å²) in [6.45, 7) is 3.52. The lowest BCUT2D eigenvalue weighted by atomic mass is 10.1. The van der Waals surface area contributed by atoms with Gasteiger partial charge in [-0.05, 0) is 59.2 Å². The first-order valence-electron chi connectivity index (χ1n) is 14.9. The summed E-state index contributed by atoms with van der Waals surface area (Å²) in [5, 5.41) is 7.78. The SMILES string of the molecule is COc1ccc(CN(Cc2ccc(OC)cc2)S(=O)(=O)c2cc(NC(=O)Cc3ccccc3Cl)cc3c2cnn3C(=O)C(C)C)cc1. The number of aromatic nitrogens is 2. The molecule has 5 aromatic rings. The number of hydrogen-bond acceptors (Lipinski definition) is 7. The number of amides is 1. The first-order chi connectivity index (χ1) is 22.5. The number of anilines is 1. The molecule has 10 nitrogen and oxygen atoms in total. The molecular formula is C35H35ClN4O6S.